The lowest BCUT2D eigenvalue weighted by molar-refractivity contribution is -0.00683. The number of hydrogen-bond donors (Lipinski definition) is 2. The summed E-state index contributed by atoms with van der Waals surface area (Å²) < 4.78 is 7.68. The molecule has 0 saturated carbocycles. The van der Waals surface area contributed by atoms with Gasteiger partial charge in [-0.1, -0.05) is 12.1 Å². The maximum absolute atomic E-state index is 5.47. The number of halogens is 1. The summed E-state index contributed by atoms with van der Waals surface area (Å²) in [5, 5.41) is 6.83. The van der Waals surface area contributed by atoms with Crippen LogP contribution in [0.4, 0.5) is 0 Å². The lowest BCUT2D eigenvalue weighted by Gasteiger charge is -2.39. The van der Waals surface area contributed by atoms with Gasteiger partial charge in [0, 0.05) is 38.3 Å². The van der Waals surface area contributed by atoms with Crippen molar-refractivity contribution in [2.24, 2.45) is 4.99 Å². The van der Waals surface area contributed by atoms with E-state index in [1.165, 1.54) is 5.52 Å². The Kier molecular flexibility index (Phi) is 9.64. The molecule has 2 aromatic rings. The van der Waals surface area contributed by atoms with Crippen molar-refractivity contribution < 1.29 is 4.74 Å². The van der Waals surface area contributed by atoms with Gasteiger partial charge in [-0.25, -0.2) is 4.98 Å². The van der Waals surface area contributed by atoms with Gasteiger partial charge in [0.05, 0.1) is 37.1 Å². The van der Waals surface area contributed by atoms with Crippen LogP contribution in [0.3, 0.4) is 0 Å². The molecule has 2 heterocycles. The first-order valence-electron chi connectivity index (χ1n) is 10.3. The normalized spacial score (nSPS) is 15.9. The molecule has 0 amide bonds. The van der Waals surface area contributed by atoms with E-state index in [2.05, 4.69) is 64.1 Å². The van der Waals surface area contributed by atoms with Gasteiger partial charge < -0.3 is 19.9 Å². The number of imidazole rings is 1. The Balaban J connectivity index is 0.00000300. The highest BCUT2D eigenvalue weighted by molar-refractivity contribution is 14.0. The first-order chi connectivity index (χ1) is 13.6. The van der Waals surface area contributed by atoms with Crippen molar-refractivity contribution in [3.63, 3.8) is 0 Å². The minimum Gasteiger partial charge on any atom is -0.379 e. The average Bonchev–Trinajstić information content (AvgIpc) is 3.13. The van der Waals surface area contributed by atoms with Crippen LogP contribution in [0.15, 0.2) is 35.6 Å². The van der Waals surface area contributed by atoms with E-state index in [4.69, 9.17) is 9.73 Å². The van der Waals surface area contributed by atoms with Crippen LogP contribution in [0.1, 0.15) is 27.2 Å². The van der Waals surface area contributed by atoms with Gasteiger partial charge in [-0.15, -0.1) is 24.0 Å². The molecule has 0 spiro atoms. The predicted octanol–water partition coefficient (Wildman–Crippen LogP) is 2.71. The van der Waals surface area contributed by atoms with Crippen molar-refractivity contribution in [1.82, 2.24) is 25.1 Å². The van der Waals surface area contributed by atoms with Crippen LogP contribution in [0.2, 0.25) is 0 Å². The van der Waals surface area contributed by atoms with Crippen LogP contribution in [-0.2, 0) is 11.3 Å². The lowest BCUT2D eigenvalue weighted by Crippen LogP contribution is -2.52. The number of guanidine groups is 1. The fourth-order valence-electron chi connectivity index (χ4n) is 3.53. The van der Waals surface area contributed by atoms with Gasteiger partial charge in [-0.2, -0.15) is 0 Å². The van der Waals surface area contributed by atoms with Crippen LogP contribution in [0, 0.1) is 0 Å². The molecule has 0 aliphatic carbocycles. The summed E-state index contributed by atoms with van der Waals surface area (Å²) >= 11 is 0. The molecule has 1 aliphatic heterocycles. The summed E-state index contributed by atoms with van der Waals surface area (Å²) in [7, 11) is 0. The largest absolute Gasteiger partial charge is 0.379 e. The number of rotatable bonds is 8. The van der Waals surface area contributed by atoms with Crippen molar-refractivity contribution in [3.05, 3.63) is 30.6 Å². The molecule has 1 aliphatic rings. The molecule has 3 rings (SSSR count). The molecule has 0 atom stereocenters. The summed E-state index contributed by atoms with van der Waals surface area (Å²) in [6, 6.07) is 8.26. The molecular weight excluding hydrogens is 479 g/mol. The molecule has 162 valence electrons. The van der Waals surface area contributed by atoms with E-state index in [1.807, 2.05) is 12.4 Å². The number of para-hydroxylation sites is 2. The smallest absolute Gasteiger partial charge is 0.191 e. The van der Waals surface area contributed by atoms with Gasteiger partial charge in [0.1, 0.15) is 0 Å². The molecule has 1 fully saturated rings. The second-order valence-corrected chi connectivity index (χ2v) is 7.81. The number of aryl methyl sites for hydroxylation is 1. The van der Waals surface area contributed by atoms with E-state index in [-0.39, 0.29) is 29.5 Å². The average molecular weight is 514 g/mol. The van der Waals surface area contributed by atoms with E-state index < -0.39 is 0 Å². The van der Waals surface area contributed by atoms with Crippen LogP contribution >= 0.6 is 24.0 Å². The van der Waals surface area contributed by atoms with E-state index in [0.717, 1.165) is 70.4 Å². The third-order valence-electron chi connectivity index (χ3n) is 5.23. The Morgan fingerprint density at radius 3 is 2.72 bits per heavy atom. The summed E-state index contributed by atoms with van der Waals surface area (Å²) in [5.74, 6) is 0.888. The summed E-state index contributed by atoms with van der Waals surface area (Å²) in [4.78, 5) is 11.8. The van der Waals surface area contributed by atoms with Crippen LogP contribution in [0.25, 0.3) is 11.0 Å². The first-order valence-corrected chi connectivity index (χ1v) is 10.3. The molecule has 7 nitrogen and oxygen atoms in total. The molecule has 0 bridgehead atoms. The fourth-order valence-corrected chi connectivity index (χ4v) is 3.53. The maximum Gasteiger partial charge on any atom is 0.191 e. The van der Waals surface area contributed by atoms with Crippen molar-refractivity contribution in [2.45, 2.75) is 39.3 Å². The third kappa shape index (κ3) is 6.82. The van der Waals surface area contributed by atoms with Crippen LogP contribution in [-0.4, -0.2) is 71.9 Å². The number of aromatic nitrogens is 2. The topological polar surface area (TPSA) is 66.7 Å². The highest BCUT2D eigenvalue weighted by atomic mass is 127. The number of hydrogen-bond acceptors (Lipinski definition) is 4. The second kappa shape index (κ2) is 11.7. The maximum atomic E-state index is 5.47. The standard InChI is InChI=1S/C21H34N6O.HI/c1-4-22-20(24-16-21(2,3)27-12-14-28-15-13-27)23-10-7-11-26-17-25-18-8-5-6-9-19(18)26;/h5-6,8-9,17H,4,7,10-16H2,1-3H3,(H2,22,23,24);1H. The van der Waals surface area contributed by atoms with Gasteiger partial charge in [-0.3, -0.25) is 9.89 Å². The van der Waals surface area contributed by atoms with Gasteiger partial charge >= 0.3 is 0 Å². The van der Waals surface area contributed by atoms with E-state index in [1.54, 1.807) is 0 Å². The van der Waals surface area contributed by atoms with E-state index in [0.29, 0.717) is 0 Å². The Hall–Kier alpha value is -1.39. The van der Waals surface area contributed by atoms with Gasteiger partial charge in [0.25, 0.3) is 0 Å². The lowest BCUT2D eigenvalue weighted by atomic mass is 10.0. The highest BCUT2D eigenvalue weighted by Gasteiger charge is 2.28. The summed E-state index contributed by atoms with van der Waals surface area (Å²) in [5.41, 5.74) is 2.27. The Morgan fingerprint density at radius 2 is 1.97 bits per heavy atom. The Bertz CT molecular complexity index is 769. The molecule has 0 radical (unpaired) electrons. The molecular formula is C21H35IN6O. The summed E-state index contributed by atoms with van der Waals surface area (Å²) in [6.07, 6.45) is 2.94. The Morgan fingerprint density at radius 1 is 1.21 bits per heavy atom. The number of benzene rings is 1. The first kappa shape index (κ1) is 23.9. The zero-order valence-corrected chi connectivity index (χ0v) is 20.2. The van der Waals surface area contributed by atoms with Crippen molar-refractivity contribution in [3.8, 4) is 0 Å². The number of ether oxygens (including phenoxy) is 1. The molecule has 2 N–H and O–H groups in total. The van der Waals surface area contributed by atoms with Gasteiger partial charge in [0.2, 0.25) is 0 Å². The zero-order valence-electron chi connectivity index (χ0n) is 17.9. The monoisotopic (exact) mass is 514 g/mol. The Labute approximate surface area is 191 Å². The van der Waals surface area contributed by atoms with Crippen molar-refractivity contribution in [2.75, 3.05) is 45.9 Å². The molecule has 0 unspecified atom stereocenters. The highest BCUT2D eigenvalue weighted by Crippen LogP contribution is 2.16. The molecule has 29 heavy (non-hydrogen) atoms. The van der Waals surface area contributed by atoms with E-state index in [9.17, 15) is 0 Å². The number of morpholine rings is 1. The van der Waals surface area contributed by atoms with E-state index >= 15 is 0 Å². The molecule has 1 saturated heterocycles. The SMILES string of the molecule is CCNC(=NCC(C)(C)N1CCOCC1)NCCCn1cnc2ccccc21.I. The number of nitrogens with one attached hydrogen (secondary N) is 2. The van der Waals surface area contributed by atoms with Crippen molar-refractivity contribution in [1.29, 1.82) is 0 Å². The van der Waals surface area contributed by atoms with Crippen molar-refractivity contribution >= 4 is 41.0 Å². The number of nitrogens with zero attached hydrogens (tertiary/aromatic N) is 4. The molecule has 8 heteroatoms. The third-order valence-corrected chi connectivity index (χ3v) is 5.23. The van der Waals surface area contributed by atoms with Crippen LogP contribution < -0.4 is 10.6 Å². The van der Waals surface area contributed by atoms with Crippen LogP contribution in [0.5, 0.6) is 0 Å². The summed E-state index contributed by atoms with van der Waals surface area (Å²) in [6.45, 7) is 13.6. The molecule has 1 aromatic heterocycles. The zero-order chi connectivity index (χ0) is 19.8. The minimum absolute atomic E-state index is 0. The fraction of sp³-hybridized carbons (Fsp3) is 0.619. The quantitative estimate of drug-likeness (QED) is 0.246. The van der Waals surface area contributed by atoms with Gasteiger partial charge in [-0.05, 0) is 39.3 Å². The predicted molar refractivity (Wildman–Crippen MR) is 130 cm³/mol. The van der Waals surface area contributed by atoms with Gasteiger partial charge in [0.15, 0.2) is 5.96 Å². The minimum atomic E-state index is 0. The number of fused-ring (bicyclic) bond motifs is 1. The number of aliphatic imine (C=N–C) groups is 1. The molecule has 1 aromatic carbocycles. The second-order valence-electron chi connectivity index (χ2n) is 7.81.